The number of nitrogens with one attached hydrogen (secondary N) is 1. The van der Waals surface area contributed by atoms with Gasteiger partial charge in [-0.15, -0.1) is 0 Å². The number of nitrogens with zero attached hydrogens (tertiary/aromatic N) is 1. The van der Waals surface area contributed by atoms with E-state index in [0.717, 1.165) is 22.8 Å². The minimum Gasteiger partial charge on any atom is -0.488 e. The first-order valence-electron chi connectivity index (χ1n) is 9.83. The third-order valence-electron chi connectivity index (χ3n) is 4.88. The fraction of sp³-hybridized carbons (Fsp3) is 0.200. The highest BCUT2D eigenvalue weighted by Crippen LogP contribution is 2.31. The van der Waals surface area contributed by atoms with Gasteiger partial charge in [0.1, 0.15) is 24.0 Å². The van der Waals surface area contributed by atoms with E-state index in [1.807, 2.05) is 80.6 Å². The van der Waals surface area contributed by atoms with Crippen molar-refractivity contribution in [2.24, 2.45) is 0 Å². The highest BCUT2D eigenvalue weighted by Gasteiger charge is 2.15. The Morgan fingerprint density at radius 3 is 2.60 bits per heavy atom. The first-order valence-corrected chi connectivity index (χ1v) is 10.2. The van der Waals surface area contributed by atoms with Gasteiger partial charge in [0.05, 0.1) is 0 Å². The second kappa shape index (κ2) is 9.96. The average molecular weight is 419 g/mol. The summed E-state index contributed by atoms with van der Waals surface area (Å²) in [6.45, 7) is 4.23. The molecule has 0 radical (unpaired) electrons. The van der Waals surface area contributed by atoms with E-state index in [4.69, 9.17) is 16.3 Å². The summed E-state index contributed by atoms with van der Waals surface area (Å²) in [5, 5.41) is 15.0. The van der Waals surface area contributed by atoms with Gasteiger partial charge in [-0.25, -0.2) is 0 Å². The third kappa shape index (κ3) is 5.20. The van der Waals surface area contributed by atoms with Gasteiger partial charge in [0.25, 0.3) is 5.91 Å². The van der Waals surface area contributed by atoms with Gasteiger partial charge >= 0.3 is 0 Å². The van der Waals surface area contributed by atoms with Crippen LogP contribution in [0.5, 0.6) is 5.75 Å². The van der Waals surface area contributed by atoms with E-state index in [1.165, 1.54) is 0 Å². The van der Waals surface area contributed by atoms with E-state index in [2.05, 4.69) is 5.32 Å². The summed E-state index contributed by atoms with van der Waals surface area (Å²) in [5.41, 5.74) is 1.72. The maximum absolute atomic E-state index is 12.6. The third-order valence-corrected chi connectivity index (χ3v) is 5.13. The van der Waals surface area contributed by atoms with Crippen molar-refractivity contribution in [2.75, 3.05) is 0 Å². The SMILES string of the molecule is CC[C@@H](C)NC(=O)/C(C#N)=C/c1c(OCc2ccc(Cl)cc2)ccc2ccccc12. The van der Waals surface area contributed by atoms with Crippen molar-refractivity contribution in [2.45, 2.75) is 32.9 Å². The molecule has 4 nitrogen and oxygen atoms in total. The van der Waals surface area contributed by atoms with E-state index in [0.29, 0.717) is 22.9 Å². The number of ether oxygens (including phenoxy) is 1. The molecule has 0 fully saturated rings. The number of fused-ring (bicyclic) bond motifs is 1. The van der Waals surface area contributed by atoms with E-state index < -0.39 is 0 Å². The zero-order valence-corrected chi connectivity index (χ0v) is 17.7. The number of amides is 1. The number of hydrogen-bond donors (Lipinski definition) is 1. The van der Waals surface area contributed by atoms with E-state index >= 15 is 0 Å². The second-order valence-corrected chi connectivity index (χ2v) is 7.50. The average Bonchev–Trinajstić information content (AvgIpc) is 2.77. The number of benzene rings is 3. The van der Waals surface area contributed by atoms with Crippen LogP contribution in [0.4, 0.5) is 0 Å². The fourth-order valence-electron chi connectivity index (χ4n) is 2.99. The molecule has 152 valence electrons. The molecule has 1 amide bonds. The Labute approximate surface area is 181 Å². The molecule has 30 heavy (non-hydrogen) atoms. The molecule has 0 aromatic heterocycles. The van der Waals surface area contributed by atoms with Crippen LogP contribution in [-0.2, 0) is 11.4 Å². The first kappa shape index (κ1) is 21.4. The van der Waals surface area contributed by atoms with Crippen LogP contribution < -0.4 is 10.1 Å². The van der Waals surface area contributed by atoms with Crippen LogP contribution in [0.15, 0.2) is 66.2 Å². The van der Waals surface area contributed by atoms with Crippen LogP contribution in [0.1, 0.15) is 31.4 Å². The monoisotopic (exact) mass is 418 g/mol. The normalized spacial score (nSPS) is 12.3. The lowest BCUT2D eigenvalue weighted by Gasteiger charge is -2.14. The summed E-state index contributed by atoms with van der Waals surface area (Å²) >= 11 is 5.95. The zero-order chi connectivity index (χ0) is 21.5. The van der Waals surface area contributed by atoms with Crippen molar-refractivity contribution in [1.82, 2.24) is 5.32 Å². The Morgan fingerprint density at radius 2 is 1.90 bits per heavy atom. The van der Waals surface area contributed by atoms with Crippen molar-refractivity contribution in [1.29, 1.82) is 5.26 Å². The Hall–Kier alpha value is -3.29. The van der Waals surface area contributed by atoms with Crippen LogP contribution >= 0.6 is 11.6 Å². The molecule has 3 aromatic carbocycles. The van der Waals surface area contributed by atoms with E-state index in [1.54, 1.807) is 6.08 Å². The summed E-state index contributed by atoms with van der Waals surface area (Å²) in [6, 6.07) is 21.1. The first-order chi connectivity index (χ1) is 14.5. The molecule has 0 aliphatic heterocycles. The van der Waals surface area contributed by atoms with Crippen LogP contribution in [0.2, 0.25) is 5.02 Å². The van der Waals surface area contributed by atoms with E-state index in [9.17, 15) is 10.1 Å². The minimum atomic E-state index is -0.386. The molecule has 0 unspecified atom stereocenters. The van der Waals surface area contributed by atoms with Gasteiger partial charge in [-0.05, 0) is 54.0 Å². The number of hydrogen-bond acceptors (Lipinski definition) is 3. The molecule has 1 N–H and O–H groups in total. The highest BCUT2D eigenvalue weighted by atomic mass is 35.5. The summed E-state index contributed by atoms with van der Waals surface area (Å²) in [6.07, 6.45) is 2.39. The molecule has 0 bridgehead atoms. The molecule has 3 rings (SSSR count). The van der Waals surface area contributed by atoms with Crippen LogP contribution in [0.25, 0.3) is 16.8 Å². The maximum Gasteiger partial charge on any atom is 0.262 e. The Balaban J connectivity index is 1.99. The highest BCUT2D eigenvalue weighted by molar-refractivity contribution is 6.30. The smallest absolute Gasteiger partial charge is 0.262 e. The lowest BCUT2D eigenvalue weighted by Crippen LogP contribution is -2.32. The standard InChI is InChI=1S/C25H23ClN2O2/c1-3-17(2)28-25(29)20(15-27)14-23-22-7-5-4-6-19(22)10-13-24(23)30-16-18-8-11-21(26)12-9-18/h4-14,17H,3,16H2,1-2H3,(H,28,29)/b20-14+/t17-/m1/s1. The van der Waals surface area contributed by atoms with Crippen molar-refractivity contribution < 1.29 is 9.53 Å². The topological polar surface area (TPSA) is 62.1 Å². The number of carbonyl (C=O) groups excluding carboxylic acids is 1. The van der Waals surface area contributed by atoms with Gasteiger partial charge in [-0.3, -0.25) is 4.79 Å². The van der Waals surface area contributed by atoms with Crippen LogP contribution in [-0.4, -0.2) is 11.9 Å². The molecule has 0 spiro atoms. The molecule has 0 aliphatic rings. The Bertz CT molecular complexity index is 1110. The summed E-state index contributed by atoms with van der Waals surface area (Å²) in [5.74, 6) is 0.219. The quantitative estimate of drug-likeness (QED) is 0.384. The minimum absolute atomic E-state index is 0.0117. The molecule has 0 saturated heterocycles. The number of rotatable bonds is 7. The largest absolute Gasteiger partial charge is 0.488 e. The molecule has 3 aromatic rings. The van der Waals surface area contributed by atoms with Gasteiger partial charge in [0.2, 0.25) is 0 Å². The Kier molecular flexibility index (Phi) is 7.11. The van der Waals surface area contributed by atoms with Gasteiger partial charge in [-0.1, -0.05) is 61.0 Å². The number of carbonyl (C=O) groups is 1. The van der Waals surface area contributed by atoms with Gasteiger partial charge in [0.15, 0.2) is 0 Å². The second-order valence-electron chi connectivity index (χ2n) is 7.07. The van der Waals surface area contributed by atoms with Crippen molar-refractivity contribution in [3.63, 3.8) is 0 Å². The van der Waals surface area contributed by atoms with Crippen LogP contribution in [0, 0.1) is 11.3 Å². The summed E-state index contributed by atoms with van der Waals surface area (Å²) < 4.78 is 6.07. The summed E-state index contributed by atoms with van der Waals surface area (Å²) in [4.78, 5) is 12.6. The molecular formula is C25H23ClN2O2. The lowest BCUT2D eigenvalue weighted by atomic mass is 10.0. The Morgan fingerprint density at radius 1 is 1.17 bits per heavy atom. The molecule has 0 aliphatic carbocycles. The van der Waals surface area contributed by atoms with Gasteiger partial charge in [-0.2, -0.15) is 5.26 Å². The zero-order valence-electron chi connectivity index (χ0n) is 17.0. The molecule has 0 saturated carbocycles. The number of nitriles is 1. The number of halogens is 1. The summed E-state index contributed by atoms with van der Waals surface area (Å²) in [7, 11) is 0. The maximum atomic E-state index is 12.6. The van der Waals surface area contributed by atoms with Crippen molar-refractivity contribution in [3.05, 3.63) is 82.4 Å². The predicted octanol–water partition coefficient (Wildman–Crippen LogP) is 5.89. The molecule has 5 heteroatoms. The van der Waals surface area contributed by atoms with Crippen LogP contribution in [0.3, 0.4) is 0 Å². The van der Waals surface area contributed by atoms with Crippen molar-refractivity contribution in [3.8, 4) is 11.8 Å². The van der Waals surface area contributed by atoms with E-state index in [-0.39, 0.29) is 17.5 Å². The van der Waals surface area contributed by atoms with Gasteiger partial charge in [0, 0.05) is 16.6 Å². The fourth-order valence-corrected chi connectivity index (χ4v) is 3.11. The predicted molar refractivity (Wildman–Crippen MR) is 121 cm³/mol. The lowest BCUT2D eigenvalue weighted by molar-refractivity contribution is -0.117. The van der Waals surface area contributed by atoms with Gasteiger partial charge < -0.3 is 10.1 Å². The molecule has 0 heterocycles. The molecular weight excluding hydrogens is 396 g/mol. The van der Waals surface area contributed by atoms with Crippen molar-refractivity contribution >= 4 is 34.4 Å². The molecule has 1 atom stereocenters.